The lowest BCUT2D eigenvalue weighted by atomic mass is 9.85. The molecule has 3 rings (SSSR count). The van der Waals surface area contributed by atoms with Crippen LogP contribution in [0, 0.1) is 5.82 Å². The fourth-order valence-electron chi connectivity index (χ4n) is 2.87. The first-order chi connectivity index (χ1) is 10.0. The lowest BCUT2D eigenvalue weighted by Gasteiger charge is -2.33. The van der Waals surface area contributed by atoms with E-state index in [0.29, 0.717) is 10.9 Å². The van der Waals surface area contributed by atoms with Gasteiger partial charge in [-0.15, -0.1) is 11.3 Å². The van der Waals surface area contributed by atoms with E-state index >= 15 is 0 Å². The summed E-state index contributed by atoms with van der Waals surface area (Å²) in [6, 6.07) is 7.00. The van der Waals surface area contributed by atoms with Gasteiger partial charge in [-0.1, -0.05) is 24.2 Å². The Morgan fingerprint density at radius 2 is 2.19 bits per heavy atom. The van der Waals surface area contributed by atoms with Crippen LogP contribution in [-0.2, 0) is 0 Å². The molecule has 0 aliphatic carbocycles. The second-order valence-electron chi connectivity index (χ2n) is 5.54. The molecule has 1 unspecified atom stereocenters. The molecule has 2 heterocycles. The molecule has 1 aliphatic rings. The molecule has 0 radical (unpaired) electrons. The van der Waals surface area contributed by atoms with Crippen molar-refractivity contribution in [1.82, 2.24) is 4.90 Å². The molecule has 1 saturated heterocycles. The zero-order valence-corrected chi connectivity index (χ0v) is 13.5. The highest BCUT2D eigenvalue weighted by Crippen LogP contribution is 2.40. The number of allylic oxidation sites excluding steroid dienone is 1. The van der Waals surface area contributed by atoms with Crippen LogP contribution in [0.4, 0.5) is 4.39 Å². The van der Waals surface area contributed by atoms with E-state index in [1.807, 2.05) is 17.5 Å². The average Bonchev–Trinajstić information content (AvgIpc) is 2.88. The Balaban J connectivity index is 2.01. The second kappa shape index (κ2) is 5.82. The number of piperidine rings is 1. The van der Waals surface area contributed by atoms with E-state index in [1.165, 1.54) is 5.56 Å². The molecule has 4 heteroatoms. The van der Waals surface area contributed by atoms with Gasteiger partial charge in [-0.05, 0) is 48.1 Å². The van der Waals surface area contributed by atoms with Crippen molar-refractivity contribution in [2.75, 3.05) is 13.6 Å². The van der Waals surface area contributed by atoms with Crippen molar-refractivity contribution in [3.05, 3.63) is 58.3 Å². The van der Waals surface area contributed by atoms with Crippen LogP contribution in [0.3, 0.4) is 0 Å². The number of hydrogen-bond acceptors (Lipinski definition) is 2. The minimum Gasteiger partial charge on any atom is -0.378 e. The predicted molar refractivity (Wildman–Crippen MR) is 88.5 cm³/mol. The van der Waals surface area contributed by atoms with E-state index in [1.54, 1.807) is 23.5 Å². The summed E-state index contributed by atoms with van der Waals surface area (Å²) >= 11 is 7.59. The Labute approximate surface area is 133 Å². The third-order valence-electron chi connectivity index (χ3n) is 4.12. The summed E-state index contributed by atoms with van der Waals surface area (Å²) in [5, 5.41) is 2.59. The van der Waals surface area contributed by atoms with Gasteiger partial charge in [0, 0.05) is 29.5 Å². The number of hydrogen-bond donors (Lipinski definition) is 0. The quantitative estimate of drug-likeness (QED) is 0.703. The smallest absolute Gasteiger partial charge is 0.123 e. The maximum Gasteiger partial charge on any atom is 0.123 e. The minimum atomic E-state index is -0.204. The third kappa shape index (κ3) is 2.99. The molecule has 0 saturated carbocycles. The monoisotopic (exact) mass is 321 g/mol. The third-order valence-corrected chi connectivity index (χ3v) is 5.43. The van der Waals surface area contributed by atoms with Gasteiger partial charge >= 0.3 is 0 Å². The van der Waals surface area contributed by atoms with Crippen LogP contribution in [0.15, 0.2) is 41.9 Å². The van der Waals surface area contributed by atoms with Crippen molar-refractivity contribution in [2.45, 2.75) is 18.8 Å². The molecule has 0 N–H and O–H groups in total. The number of benzene rings is 1. The molecule has 0 bridgehead atoms. The molecular formula is C17H17ClFNS. The first-order valence-corrected chi connectivity index (χ1v) is 8.23. The topological polar surface area (TPSA) is 3.24 Å². The van der Waals surface area contributed by atoms with Crippen molar-refractivity contribution in [3.63, 3.8) is 0 Å². The zero-order valence-electron chi connectivity index (χ0n) is 11.9. The molecule has 2 aromatic rings. The average molecular weight is 322 g/mol. The summed E-state index contributed by atoms with van der Waals surface area (Å²) in [5.74, 6) is 0.190. The fraction of sp³-hybridized carbons (Fsp3) is 0.294. The number of thiophene rings is 1. The van der Waals surface area contributed by atoms with Crippen LogP contribution in [-0.4, -0.2) is 18.5 Å². The fourth-order valence-corrected chi connectivity index (χ4v) is 3.98. The second-order valence-corrected chi connectivity index (χ2v) is 6.89. The predicted octanol–water partition coefficient (Wildman–Crippen LogP) is 5.53. The summed E-state index contributed by atoms with van der Waals surface area (Å²) in [6.45, 7) is 5.12. The maximum absolute atomic E-state index is 13.7. The largest absolute Gasteiger partial charge is 0.378 e. The highest BCUT2D eigenvalue weighted by molar-refractivity contribution is 7.14. The van der Waals surface area contributed by atoms with Gasteiger partial charge in [0.05, 0.1) is 5.02 Å². The van der Waals surface area contributed by atoms with Gasteiger partial charge in [0.2, 0.25) is 0 Å². The number of rotatable bonds is 2. The highest BCUT2D eigenvalue weighted by atomic mass is 35.5. The van der Waals surface area contributed by atoms with Crippen molar-refractivity contribution >= 4 is 22.9 Å². The van der Waals surface area contributed by atoms with Gasteiger partial charge in [-0.3, -0.25) is 0 Å². The Morgan fingerprint density at radius 1 is 1.38 bits per heavy atom. The molecule has 0 amide bonds. The van der Waals surface area contributed by atoms with Gasteiger partial charge in [0.25, 0.3) is 0 Å². The van der Waals surface area contributed by atoms with Gasteiger partial charge in [0.15, 0.2) is 0 Å². The van der Waals surface area contributed by atoms with E-state index in [2.05, 4.69) is 18.5 Å². The molecular weight excluding hydrogens is 305 g/mol. The normalized spacial score (nSPS) is 19.1. The maximum atomic E-state index is 13.7. The van der Waals surface area contributed by atoms with E-state index < -0.39 is 0 Å². The molecule has 0 spiro atoms. The van der Waals surface area contributed by atoms with Crippen molar-refractivity contribution in [1.29, 1.82) is 0 Å². The van der Waals surface area contributed by atoms with Gasteiger partial charge in [-0.25, -0.2) is 4.39 Å². The molecule has 1 aliphatic heterocycles. The van der Waals surface area contributed by atoms with Crippen LogP contribution in [0.25, 0.3) is 10.4 Å². The van der Waals surface area contributed by atoms with Gasteiger partial charge < -0.3 is 4.90 Å². The molecule has 1 fully saturated rings. The Bertz CT molecular complexity index is 679. The molecule has 1 atom stereocenters. The lowest BCUT2D eigenvalue weighted by molar-refractivity contribution is 0.322. The Hall–Kier alpha value is -1.32. The van der Waals surface area contributed by atoms with Crippen molar-refractivity contribution in [3.8, 4) is 10.4 Å². The van der Waals surface area contributed by atoms with Gasteiger partial charge in [0.1, 0.15) is 5.82 Å². The molecule has 1 aromatic carbocycles. The molecule has 110 valence electrons. The van der Waals surface area contributed by atoms with E-state index in [4.69, 9.17) is 11.6 Å². The summed E-state index contributed by atoms with van der Waals surface area (Å²) in [7, 11) is 2.07. The SMILES string of the molecule is C=C1CC(c2ccc(F)cc2-c2cc(Cl)cs2)CCN1C. The number of nitrogens with zero attached hydrogens (tertiary/aromatic N) is 1. The standard InChI is InChI=1S/C17H17ClFNS/c1-11-7-12(5-6-20(11)2)15-4-3-14(19)9-16(15)17-8-13(18)10-21-17/h3-4,8-10,12H,1,5-7H2,2H3. The summed E-state index contributed by atoms with van der Waals surface area (Å²) in [4.78, 5) is 3.22. The number of likely N-dealkylation sites (tertiary alicyclic amines) is 1. The molecule has 21 heavy (non-hydrogen) atoms. The lowest BCUT2D eigenvalue weighted by Crippen LogP contribution is -2.27. The van der Waals surface area contributed by atoms with Crippen LogP contribution in [0.1, 0.15) is 24.3 Å². The van der Waals surface area contributed by atoms with Crippen LogP contribution in [0.5, 0.6) is 0 Å². The number of halogens is 2. The Morgan fingerprint density at radius 3 is 2.86 bits per heavy atom. The van der Waals surface area contributed by atoms with Crippen LogP contribution < -0.4 is 0 Å². The highest BCUT2D eigenvalue weighted by Gasteiger charge is 2.24. The van der Waals surface area contributed by atoms with Crippen LogP contribution in [0.2, 0.25) is 5.02 Å². The molecule has 1 nitrogen and oxygen atoms in total. The summed E-state index contributed by atoms with van der Waals surface area (Å²) in [5.41, 5.74) is 3.31. The van der Waals surface area contributed by atoms with E-state index in [0.717, 1.165) is 35.5 Å². The van der Waals surface area contributed by atoms with Crippen molar-refractivity contribution < 1.29 is 4.39 Å². The Kier molecular flexibility index (Phi) is 4.05. The van der Waals surface area contributed by atoms with E-state index in [-0.39, 0.29) is 5.82 Å². The first kappa shape index (κ1) is 14.6. The van der Waals surface area contributed by atoms with Crippen molar-refractivity contribution in [2.24, 2.45) is 0 Å². The minimum absolute atomic E-state index is 0.204. The van der Waals surface area contributed by atoms with Crippen LogP contribution >= 0.6 is 22.9 Å². The first-order valence-electron chi connectivity index (χ1n) is 6.97. The zero-order chi connectivity index (χ0) is 15.0. The van der Waals surface area contributed by atoms with E-state index in [9.17, 15) is 4.39 Å². The molecule has 1 aromatic heterocycles. The summed E-state index contributed by atoms with van der Waals surface area (Å²) < 4.78 is 13.7. The summed E-state index contributed by atoms with van der Waals surface area (Å²) in [6.07, 6.45) is 1.99. The van der Waals surface area contributed by atoms with Gasteiger partial charge in [-0.2, -0.15) is 0 Å².